The molecule has 258 valence electrons. The van der Waals surface area contributed by atoms with Crippen LogP contribution in [0.15, 0.2) is 209 Å². The zero-order valence-electron chi connectivity index (χ0n) is 29.8. The van der Waals surface area contributed by atoms with Gasteiger partial charge in [0.1, 0.15) is 22.3 Å². The highest BCUT2D eigenvalue weighted by atomic mass is 16.3. The van der Waals surface area contributed by atoms with E-state index in [9.17, 15) is 0 Å². The van der Waals surface area contributed by atoms with Crippen molar-refractivity contribution in [1.29, 1.82) is 0 Å². The van der Waals surface area contributed by atoms with E-state index in [-0.39, 0.29) is 0 Å². The van der Waals surface area contributed by atoms with Gasteiger partial charge >= 0.3 is 0 Å². The molecule has 0 fully saturated rings. The second kappa shape index (κ2) is 12.6. The number of furan rings is 2. The fraction of sp³-hybridized carbons (Fsp3) is 0. The Labute approximate surface area is 317 Å². The number of fused-ring (bicyclic) bond motifs is 7. The highest BCUT2D eigenvalue weighted by Crippen LogP contribution is 2.49. The average Bonchev–Trinajstić information content (AvgIpc) is 3.82. The standard InChI is InChI=1S/C52H33NO2/c1-2-15-34(16-3-1)37-23-12-17-35-18-13-24-41(51(35)37)38-19-4-8-26-45(38)53(36-31-32-49-44(33-36)40-21-6-10-28-47(40)54-49)46-27-9-5-20-39(46)42-25-14-30-50-52(42)43-22-7-11-29-48(43)55-50/h1-33H. The molecule has 0 unspecified atom stereocenters. The molecule has 0 saturated carbocycles. The van der Waals surface area contributed by atoms with Gasteiger partial charge in [0.25, 0.3) is 0 Å². The number of para-hydroxylation sites is 4. The molecule has 11 aromatic rings. The summed E-state index contributed by atoms with van der Waals surface area (Å²) < 4.78 is 12.7. The molecular weight excluding hydrogens is 671 g/mol. The van der Waals surface area contributed by atoms with E-state index in [0.717, 1.165) is 77.6 Å². The molecule has 0 amide bonds. The maximum Gasteiger partial charge on any atom is 0.136 e. The Kier molecular flexibility index (Phi) is 7.17. The van der Waals surface area contributed by atoms with Crippen molar-refractivity contribution in [2.45, 2.75) is 0 Å². The first kappa shape index (κ1) is 31.2. The first-order valence-electron chi connectivity index (χ1n) is 18.7. The van der Waals surface area contributed by atoms with Crippen LogP contribution in [0.4, 0.5) is 17.1 Å². The maximum absolute atomic E-state index is 6.41. The summed E-state index contributed by atoms with van der Waals surface area (Å²) in [6, 6.07) is 71.1. The minimum absolute atomic E-state index is 0.864. The van der Waals surface area contributed by atoms with Gasteiger partial charge in [-0.1, -0.05) is 152 Å². The quantitative estimate of drug-likeness (QED) is 0.173. The largest absolute Gasteiger partial charge is 0.456 e. The molecule has 9 aromatic carbocycles. The highest BCUT2D eigenvalue weighted by Gasteiger charge is 2.24. The van der Waals surface area contributed by atoms with E-state index < -0.39 is 0 Å². The van der Waals surface area contributed by atoms with Crippen LogP contribution < -0.4 is 4.90 Å². The molecule has 0 spiro atoms. The number of rotatable bonds is 6. The Hall–Kier alpha value is -7.36. The summed E-state index contributed by atoms with van der Waals surface area (Å²) in [7, 11) is 0. The summed E-state index contributed by atoms with van der Waals surface area (Å²) in [5.74, 6) is 0. The smallest absolute Gasteiger partial charge is 0.136 e. The van der Waals surface area contributed by atoms with Crippen LogP contribution >= 0.6 is 0 Å². The van der Waals surface area contributed by atoms with Gasteiger partial charge in [0, 0.05) is 38.4 Å². The van der Waals surface area contributed by atoms with Crippen LogP contribution in [0, 0.1) is 0 Å². The normalized spacial score (nSPS) is 11.6. The van der Waals surface area contributed by atoms with E-state index in [1.54, 1.807) is 0 Å². The number of benzene rings is 9. The van der Waals surface area contributed by atoms with Crippen molar-refractivity contribution >= 4 is 71.7 Å². The van der Waals surface area contributed by atoms with Crippen molar-refractivity contribution in [2.75, 3.05) is 4.90 Å². The molecule has 55 heavy (non-hydrogen) atoms. The van der Waals surface area contributed by atoms with Crippen LogP contribution in [0.3, 0.4) is 0 Å². The molecule has 0 bridgehead atoms. The van der Waals surface area contributed by atoms with Crippen LogP contribution in [0.1, 0.15) is 0 Å². The lowest BCUT2D eigenvalue weighted by Crippen LogP contribution is -2.12. The maximum atomic E-state index is 6.41. The Morgan fingerprint density at radius 3 is 1.56 bits per heavy atom. The highest BCUT2D eigenvalue weighted by molar-refractivity contribution is 6.15. The van der Waals surface area contributed by atoms with E-state index in [1.165, 1.54) is 27.5 Å². The summed E-state index contributed by atoms with van der Waals surface area (Å²) in [5, 5.41) is 6.81. The number of anilines is 3. The van der Waals surface area contributed by atoms with Crippen LogP contribution in [0.25, 0.3) is 88.0 Å². The molecule has 0 aliphatic heterocycles. The summed E-state index contributed by atoms with van der Waals surface area (Å²) >= 11 is 0. The van der Waals surface area contributed by atoms with Gasteiger partial charge in [-0.3, -0.25) is 0 Å². The zero-order chi connectivity index (χ0) is 36.3. The third-order valence-electron chi connectivity index (χ3n) is 10.9. The Morgan fingerprint density at radius 2 is 0.818 bits per heavy atom. The average molecular weight is 704 g/mol. The molecule has 0 aliphatic rings. The molecule has 0 N–H and O–H groups in total. The number of hydrogen-bond donors (Lipinski definition) is 0. The van der Waals surface area contributed by atoms with Crippen molar-refractivity contribution in [1.82, 2.24) is 0 Å². The zero-order valence-corrected chi connectivity index (χ0v) is 29.8. The Balaban J connectivity index is 1.22. The number of hydrogen-bond acceptors (Lipinski definition) is 3. The molecule has 2 aromatic heterocycles. The van der Waals surface area contributed by atoms with E-state index in [0.29, 0.717) is 0 Å². The molecule has 0 saturated heterocycles. The van der Waals surface area contributed by atoms with E-state index in [4.69, 9.17) is 8.83 Å². The third-order valence-corrected chi connectivity index (χ3v) is 10.9. The minimum Gasteiger partial charge on any atom is -0.456 e. The second-order valence-electron chi connectivity index (χ2n) is 14.0. The molecule has 2 heterocycles. The van der Waals surface area contributed by atoms with Crippen molar-refractivity contribution < 1.29 is 8.83 Å². The summed E-state index contributed by atoms with van der Waals surface area (Å²) in [6.45, 7) is 0. The topological polar surface area (TPSA) is 29.5 Å². The van der Waals surface area contributed by atoms with Gasteiger partial charge in [-0.05, 0) is 81.6 Å². The van der Waals surface area contributed by atoms with Gasteiger partial charge in [0.05, 0.1) is 11.4 Å². The van der Waals surface area contributed by atoms with Gasteiger partial charge in [-0.2, -0.15) is 0 Å². The van der Waals surface area contributed by atoms with Crippen LogP contribution in [-0.4, -0.2) is 0 Å². The van der Waals surface area contributed by atoms with E-state index >= 15 is 0 Å². The summed E-state index contributed by atoms with van der Waals surface area (Å²) in [5.41, 5.74) is 13.6. The minimum atomic E-state index is 0.864. The van der Waals surface area contributed by atoms with E-state index in [1.807, 2.05) is 24.3 Å². The fourth-order valence-corrected chi connectivity index (χ4v) is 8.48. The molecule has 0 atom stereocenters. The van der Waals surface area contributed by atoms with E-state index in [2.05, 4.69) is 181 Å². The second-order valence-corrected chi connectivity index (χ2v) is 14.0. The lowest BCUT2D eigenvalue weighted by Gasteiger charge is -2.30. The molecule has 11 rings (SSSR count). The van der Waals surface area contributed by atoms with Crippen molar-refractivity contribution in [3.8, 4) is 33.4 Å². The van der Waals surface area contributed by atoms with Gasteiger partial charge in [0.2, 0.25) is 0 Å². The monoisotopic (exact) mass is 703 g/mol. The van der Waals surface area contributed by atoms with Gasteiger partial charge < -0.3 is 13.7 Å². The van der Waals surface area contributed by atoms with Gasteiger partial charge in [-0.15, -0.1) is 0 Å². The summed E-state index contributed by atoms with van der Waals surface area (Å²) in [6.07, 6.45) is 0. The third kappa shape index (κ3) is 5.05. The first-order valence-corrected chi connectivity index (χ1v) is 18.7. The SMILES string of the molecule is c1ccc(-c2cccc3cccc(-c4ccccc4N(c4ccc5oc6ccccc6c5c4)c4ccccc4-c4cccc5oc6ccccc6c45)c23)cc1. The Bertz CT molecular complexity index is 3220. The van der Waals surface area contributed by atoms with Crippen LogP contribution in [0.2, 0.25) is 0 Å². The fourth-order valence-electron chi connectivity index (χ4n) is 8.48. The lowest BCUT2D eigenvalue weighted by atomic mass is 9.90. The van der Waals surface area contributed by atoms with Crippen molar-refractivity contribution in [3.05, 3.63) is 200 Å². The molecule has 0 aliphatic carbocycles. The van der Waals surface area contributed by atoms with Crippen molar-refractivity contribution in [3.63, 3.8) is 0 Å². The molecule has 0 radical (unpaired) electrons. The molecule has 3 heteroatoms. The van der Waals surface area contributed by atoms with Crippen LogP contribution in [-0.2, 0) is 0 Å². The van der Waals surface area contributed by atoms with Crippen LogP contribution in [0.5, 0.6) is 0 Å². The van der Waals surface area contributed by atoms with Gasteiger partial charge in [0.15, 0.2) is 0 Å². The predicted molar refractivity (Wildman–Crippen MR) is 229 cm³/mol. The number of nitrogens with zero attached hydrogens (tertiary/aromatic N) is 1. The Morgan fingerprint density at radius 1 is 0.309 bits per heavy atom. The van der Waals surface area contributed by atoms with Crippen molar-refractivity contribution in [2.24, 2.45) is 0 Å². The van der Waals surface area contributed by atoms with Gasteiger partial charge in [-0.25, -0.2) is 0 Å². The predicted octanol–water partition coefficient (Wildman–Crippen LogP) is 15.1. The first-order chi connectivity index (χ1) is 27.3. The molecule has 3 nitrogen and oxygen atoms in total. The summed E-state index contributed by atoms with van der Waals surface area (Å²) in [4.78, 5) is 2.43. The molecular formula is C52H33NO2. The lowest BCUT2D eigenvalue weighted by molar-refractivity contribution is 0.668.